The molecule has 0 aliphatic heterocycles. The van der Waals surface area contributed by atoms with E-state index in [1.54, 1.807) is 0 Å². The first-order valence-electron chi connectivity index (χ1n) is 4.24. The predicted molar refractivity (Wildman–Crippen MR) is 54.4 cm³/mol. The van der Waals surface area contributed by atoms with Crippen molar-refractivity contribution >= 4 is 23.5 Å². The van der Waals surface area contributed by atoms with E-state index in [2.05, 4.69) is 0 Å². The van der Waals surface area contributed by atoms with Crippen LogP contribution in [-0.4, -0.2) is 22.2 Å². The lowest BCUT2D eigenvalue weighted by Gasteiger charge is -2.04. The van der Waals surface area contributed by atoms with E-state index in [1.807, 2.05) is 0 Å². The molecular weight excluding hydrogens is 220 g/mol. The van der Waals surface area contributed by atoms with E-state index in [0.29, 0.717) is 10.6 Å². The highest BCUT2D eigenvalue weighted by Gasteiger charge is 2.11. The fourth-order valence-corrected chi connectivity index (χ4v) is 1.41. The summed E-state index contributed by atoms with van der Waals surface area (Å²) in [5.74, 6) is -2.04. The molecule has 0 saturated carbocycles. The Morgan fingerprint density at radius 2 is 1.93 bits per heavy atom. The van der Waals surface area contributed by atoms with E-state index < -0.39 is 11.9 Å². The first kappa shape index (κ1) is 11.5. The summed E-state index contributed by atoms with van der Waals surface area (Å²) in [5.41, 5.74) is 0.540. The second-order valence-electron chi connectivity index (χ2n) is 3.00. The van der Waals surface area contributed by atoms with Crippen molar-refractivity contribution in [2.75, 3.05) is 0 Å². The zero-order valence-electron chi connectivity index (χ0n) is 7.74. The molecule has 0 radical (unpaired) electrons. The molecular formula is C10H9ClO4. The normalized spacial score (nSPS) is 9.93. The summed E-state index contributed by atoms with van der Waals surface area (Å²) in [6.07, 6.45) is 0.0537. The van der Waals surface area contributed by atoms with Crippen LogP contribution < -0.4 is 0 Å². The summed E-state index contributed by atoms with van der Waals surface area (Å²) in [5, 5.41) is 17.7. The van der Waals surface area contributed by atoms with E-state index in [4.69, 9.17) is 21.8 Å². The van der Waals surface area contributed by atoms with Gasteiger partial charge in [-0.2, -0.15) is 0 Å². The van der Waals surface area contributed by atoms with Gasteiger partial charge in [-0.05, 0) is 30.2 Å². The molecule has 0 aromatic heterocycles. The average molecular weight is 229 g/mol. The van der Waals surface area contributed by atoms with Crippen LogP contribution in [0.5, 0.6) is 0 Å². The number of hydrogen-bond donors (Lipinski definition) is 2. The van der Waals surface area contributed by atoms with Gasteiger partial charge in [0, 0.05) is 11.4 Å². The smallest absolute Gasteiger partial charge is 0.335 e. The molecule has 0 heterocycles. The van der Waals surface area contributed by atoms with Crippen LogP contribution in [0.15, 0.2) is 18.2 Å². The molecule has 0 amide bonds. The SMILES string of the molecule is O=C(O)CCc1cc(Cl)ccc1C(=O)O. The molecule has 0 bridgehead atoms. The zero-order valence-corrected chi connectivity index (χ0v) is 8.49. The number of aliphatic carboxylic acids is 1. The molecule has 1 aromatic carbocycles. The Labute approximate surface area is 91.1 Å². The first-order chi connectivity index (χ1) is 7.00. The molecule has 0 spiro atoms. The maximum atomic E-state index is 10.8. The Morgan fingerprint density at radius 3 is 2.47 bits per heavy atom. The summed E-state index contributed by atoms with van der Waals surface area (Å²) in [6, 6.07) is 4.32. The minimum Gasteiger partial charge on any atom is -0.481 e. The monoisotopic (exact) mass is 228 g/mol. The van der Waals surface area contributed by atoms with Gasteiger partial charge >= 0.3 is 11.9 Å². The highest BCUT2D eigenvalue weighted by molar-refractivity contribution is 6.30. The molecule has 5 heteroatoms. The van der Waals surface area contributed by atoms with Crippen molar-refractivity contribution in [3.8, 4) is 0 Å². The van der Waals surface area contributed by atoms with E-state index in [-0.39, 0.29) is 18.4 Å². The number of carboxylic acid groups (broad SMARTS) is 2. The lowest BCUT2D eigenvalue weighted by molar-refractivity contribution is -0.136. The van der Waals surface area contributed by atoms with Crippen molar-refractivity contribution in [1.29, 1.82) is 0 Å². The number of hydrogen-bond acceptors (Lipinski definition) is 2. The minimum absolute atomic E-state index is 0.0978. The van der Waals surface area contributed by atoms with Gasteiger partial charge in [-0.1, -0.05) is 11.6 Å². The number of aromatic carboxylic acids is 1. The Morgan fingerprint density at radius 1 is 1.27 bits per heavy atom. The van der Waals surface area contributed by atoms with Crippen molar-refractivity contribution in [2.24, 2.45) is 0 Å². The van der Waals surface area contributed by atoms with Gasteiger partial charge in [0.05, 0.1) is 5.56 Å². The van der Waals surface area contributed by atoms with Crippen LogP contribution in [-0.2, 0) is 11.2 Å². The largest absolute Gasteiger partial charge is 0.481 e. The summed E-state index contributed by atoms with van der Waals surface area (Å²) in [6.45, 7) is 0. The minimum atomic E-state index is -1.08. The van der Waals surface area contributed by atoms with E-state index >= 15 is 0 Å². The van der Waals surface area contributed by atoms with E-state index in [9.17, 15) is 9.59 Å². The highest BCUT2D eigenvalue weighted by Crippen LogP contribution is 2.17. The van der Waals surface area contributed by atoms with E-state index in [1.165, 1.54) is 18.2 Å². The molecule has 0 fully saturated rings. The second-order valence-corrected chi connectivity index (χ2v) is 3.44. The molecule has 0 aliphatic rings. The molecule has 4 nitrogen and oxygen atoms in total. The molecule has 0 aliphatic carbocycles. The maximum Gasteiger partial charge on any atom is 0.335 e. The lowest BCUT2D eigenvalue weighted by atomic mass is 10.0. The van der Waals surface area contributed by atoms with Gasteiger partial charge in [0.1, 0.15) is 0 Å². The van der Waals surface area contributed by atoms with Gasteiger partial charge in [-0.15, -0.1) is 0 Å². The van der Waals surface area contributed by atoms with Gasteiger partial charge in [0.25, 0.3) is 0 Å². The molecule has 0 atom stereocenters. The molecule has 0 unspecified atom stereocenters. The maximum absolute atomic E-state index is 10.8. The van der Waals surface area contributed by atoms with Gasteiger partial charge < -0.3 is 10.2 Å². The van der Waals surface area contributed by atoms with Crippen LogP contribution in [0.3, 0.4) is 0 Å². The third kappa shape index (κ3) is 3.25. The number of carboxylic acids is 2. The van der Waals surface area contributed by atoms with E-state index in [0.717, 1.165) is 0 Å². The number of halogens is 1. The Kier molecular flexibility index (Phi) is 3.68. The van der Waals surface area contributed by atoms with Crippen molar-refractivity contribution < 1.29 is 19.8 Å². The second kappa shape index (κ2) is 4.79. The van der Waals surface area contributed by atoms with Crippen molar-refractivity contribution in [2.45, 2.75) is 12.8 Å². The van der Waals surface area contributed by atoms with Crippen molar-refractivity contribution in [3.05, 3.63) is 34.3 Å². The van der Waals surface area contributed by atoms with Gasteiger partial charge in [-0.25, -0.2) is 4.79 Å². The standard InChI is InChI=1S/C10H9ClO4/c11-7-2-3-8(10(14)15)6(5-7)1-4-9(12)13/h2-3,5H,1,4H2,(H,12,13)(H,14,15). The van der Waals surface area contributed by atoms with Crippen LogP contribution >= 0.6 is 11.6 Å². The molecule has 80 valence electrons. The molecule has 2 N–H and O–H groups in total. The zero-order chi connectivity index (χ0) is 11.4. The van der Waals surface area contributed by atoms with Crippen LogP contribution in [0.1, 0.15) is 22.3 Å². The fourth-order valence-electron chi connectivity index (χ4n) is 1.22. The summed E-state index contributed by atoms with van der Waals surface area (Å²) >= 11 is 5.70. The number of benzene rings is 1. The highest BCUT2D eigenvalue weighted by atomic mass is 35.5. The molecule has 0 saturated heterocycles. The van der Waals surface area contributed by atoms with Crippen LogP contribution in [0.25, 0.3) is 0 Å². The average Bonchev–Trinajstić information content (AvgIpc) is 2.14. The van der Waals surface area contributed by atoms with Crippen molar-refractivity contribution in [3.63, 3.8) is 0 Å². The number of aryl methyl sites for hydroxylation is 1. The predicted octanol–water partition coefficient (Wildman–Crippen LogP) is 2.06. The third-order valence-corrected chi connectivity index (χ3v) is 2.14. The van der Waals surface area contributed by atoms with Gasteiger partial charge in [0.15, 0.2) is 0 Å². The van der Waals surface area contributed by atoms with Gasteiger partial charge in [-0.3, -0.25) is 4.79 Å². The number of carbonyl (C=O) groups is 2. The number of rotatable bonds is 4. The summed E-state index contributed by atoms with van der Waals surface area (Å²) in [7, 11) is 0. The van der Waals surface area contributed by atoms with Crippen LogP contribution in [0, 0.1) is 0 Å². The quantitative estimate of drug-likeness (QED) is 0.827. The lowest BCUT2D eigenvalue weighted by Crippen LogP contribution is -2.05. The summed E-state index contributed by atoms with van der Waals surface area (Å²) < 4.78 is 0. The fraction of sp³-hybridized carbons (Fsp3) is 0.200. The topological polar surface area (TPSA) is 74.6 Å². The van der Waals surface area contributed by atoms with Crippen LogP contribution in [0.2, 0.25) is 5.02 Å². The Bertz CT molecular complexity index is 400. The van der Waals surface area contributed by atoms with Crippen LogP contribution in [0.4, 0.5) is 0 Å². The molecule has 1 aromatic rings. The third-order valence-electron chi connectivity index (χ3n) is 1.91. The first-order valence-corrected chi connectivity index (χ1v) is 4.62. The van der Waals surface area contributed by atoms with Crippen molar-refractivity contribution in [1.82, 2.24) is 0 Å². The molecule has 15 heavy (non-hydrogen) atoms. The molecule has 1 rings (SSSR count). The Hall–Kier alpha value is -1.55. The summed E-state index contributed by atoms with van der Waals surface area (Å²) in [4.78, 5) is 21.1. The Balaban J connectivity index is 2.96. The van der Waals surface area contributed by atoms with Gasteiger partial charge in [0.2, 0.25) is 0 Å².